The molecule has 0 radical (unpaired) electrons. The van der Waals surface area contributed by atoms with Gasteiger partial charge in [-0.3, -0.25) is 13.9 Å². The lowest BCUT2D eigenvalue weighted by Gasteiger charge is -2.30. The van der Waals surface area contributed by atoms with Crippen molar-refractivity contribution in [3.63, 3.8) is 0 Å². The summed E-state index contributed by atoms with van der Waals surface area (Å²) in [4.78, 5) is 27.5. The maximum Gasteiger partial charge on any atom is 0.242 e. The van der Waals surface area contributed by atoms with E-state index in [1.165, 1.54) is 29.2 Å². The van der Waals surface area contributed by atoms with Crippen molar-refractivity contribution in [1.29, 1.82) is 0 Å². The first-order valence-electron chi connectivity index (χ1n) is 11.5. The van der Waals surface area contributed by atoms with Crippen molar-refractivity contribution in [1.82, 2.24) is 10.2 Å². The van der Waals surface area contributed by atoms with Crippen LogP contribution in [0.2, 0.25) is 10.0 Å². The molecule has 0 aliphatic rings. The summed E-state index contributed by atoms with van der Waals surface area (Å²) in [6, 6.07) is 9.22. The lowest BCUT2D eigenvalue weighted by Crippen LogP contribution is -2.48. The van der Waals surface area contributed by atoms with E-state index in [4.69, 9.17) is 23.2 Å². The molecule has 0 unspecified atom stereocenters. The third kappa shape index (κ3) is 8.94. The first-order valence-corrected chi connectivity index (χ1v) is 14.1. The number of nitrogens with zero attached hydrogens (tertiary/aromatic N) is 2. The Bertz CT molecular complexity index is 1160. The molecule has 1 atom stereocenters. The van der Waals surface area contributed by atoms with E-state index in [0.29, 0.717) is 27.8 Å². The van der Waals surface area contributed by atoms with E-state index >= 15 is 0 Å². The smallest absolute Gasteiger partial charge is 0.242 e. The third-order valence-electron chi connectivity index (χ3n) is 5.47. The molecule has 0 saturated heterocycles. The normalized spacial score (nSPS) is 12.3. The molecule has 0 heterocycles. The van der Waals surface area contributed by atoms with Gasteiger partial charge in [0.1, 0.15) is 11.9 Å². The van der Waals surface area contributed by atoms with E-state index < -0.39 is 21.9 Å². The number of hydrogen-bond donors (Lipinski definition) is 1. The number of amides is 2. The molecule has 0 spiro atoms. The molecule has 1 N–H and O–H groups in total. The molecule has 0 bridgehead atoms. The average molecular weight is 561 g/mol. The number of hydrogen-bond acceptors (Lipinski definition) is 4. The monoisotopic (exact) mass is 559 g/mol. The Labute approximate surface area is 222 Å². The van der Waals surface area contributed by atoms with Crippen molar-refractivity contribution in [2.75, 3.05) is 23.7 Å². The molecule has 11 heteroatoms. The molecule has 0 saturated carbocycles. The van der Waals surface area contributed by atoms with Gasteiger partial charge in [-0.1, -0.05) is 43.1 Å². The Balaban J connectivity index is 2.19. The van der Waals surface area contributed by atoms with Gasteiger partial charge in [-0.05, 0) is 61.2 Å². The Hall–Kier alpha value is -2.36. The first kappa shape index (κ1) is 29.9. The molecule has 0 aliphatic carbocycles. The van der Waals surface area contributed by atoms with Crippen molar-refractivity contribution in [2.24, 2.45) is 5.92 Å². The van der Waals surface area contributed by atoms with Gasteiger partial charge in [0.2, 0.25) is 21.8 Å². The number of carbonyl (C=O) groups excluding carboxylic acids is 2. The Morgan fingerprint density at radius 1 is 1.06 bits per heavy atom. The van der Waals surface area contributed by atoms with E-state index in [0.717, 1.165) is 10.6 Å². The van der Waals surface area contributed by atoms with Gasteiger partial charge in [0.15, 0.2) is 0 Å². The van der Waals surface area contributed by atoms with Gasteiger partial charge in [-0.25, -0.2) is 12.8 Å². The fraction of sp³-hybridized carbons (Fsp3) is 0.440. The van der Waals surface area contributed by atoms with E-state index in [2.05, 4.69) is 5.32 Å². The molecule has 7 nitrogen and oxygen atoms in total. The van der Waals surface area contributed by atoms with E-state index in [9.17, 15) is 22.4 Å². The highest BCUT2D eigenvalue weighted by Gasteiger charge is 2.27. The van der Waals surface area contributed by atoms with Crippen LogP contribution in [0.3, 0.4) is 0 Å². The van der Waals surface area contributed by atoms with Crippen LogP contribution in [0.1, 0.15) is 39.2 Å². The highest BCUT2D eigenvalue weighted by atomic mass is 35.5. The molecule has 2 aromatic carbocycles. The van der Waals surface area contributed by atoms with Crippen LogP contribution in [0.5, 0.6) is 0 Å². The average Bonchev–Trinajstić information content (AvgIpc) is 2.79. The number of sulfonamides is 1. The maximum absolute atomic E-state index is 13.3. The highest BCUT2D eigenvalue weighted by molar-refractivity contribution is 7.92. The lowest BCUT2D eigenvalue weighted by molar-refractivity contribution is -0.140. The zero-order chi connectivity index (χ0) is 27.0. The van der Waals surface area contributed by atoms with E-state index in [1.807, 2.05) is 13.8 Å². The molecule has 0 fully saturated rings. The summed E-state index contributed by atoms with van der Waals surface area (Å²) in [5.74, 6) is -0.875. The summed E-state index contributed by atoms with van der Waals surface area (Å²) in [6.45, 7) is 6.14. The fourth-order valence-electron chi connectivity index (χ4n) is 3.48. The van der Waals surface area contributed by atoms with Crippen LogP contribution < -0.4 is 9.62 Å². The molecule has 0 aromatic heterocycles. The minimum absolute atomic E-state index is 0.0136. The van der Waals surface area contributed by atoms with E-state index in [1.54, 1.807) is 25.1 Å². The van der Waals surface area contributed by atoms with Crippen LogP contribution in [-0.4, -0.2) is 50.5 Å². The Morgan fingerprint density at radius 2 is 1.69 bits per heavy atom. The number of halogens is 3. The van der Waals surface area contributed by atoms with E-state index in [-0.39, 0.29) is 43.7 Å². The predicted octanol–water partition coefficient (Wildman–Crippen LogP) is 4.87. The Kier molecular flexibility index (Phi) is 11.0. The highest BCUT2D eigenvalue weighted by Crippen LogP contribution is 2.24. The van der Waals surface area contributed by atoms with Gasteiger partial charge in [0, 0.05) is 36.1 Å². The molecular weight excluding hydrogens is 528 g/mol. The standard InChI is InChI=1S/C25H32Cl2FN3O4S/c1-17(2)15-29-25(33)18(3)30(16-19-7-8-20(26)14-23(19)27)24(32)6-5-13-31(36(4,34)35)22-11-9-21(28)10-12-22/h7-12,14,17-18H,5-6,13,15-16H2,1-4H3,(H,29,33)/t18-/m0/s1. The van der Waals surface area contributed by atoms with Crippen LogP contribution >= 0.6 is 23.2 Å². The number of nitrogens with one attached hydrogen (secondary N) is 1. The summed E-state index contributed by atoms with van der Waals surface area (Å²) in [6.07, 6.45) is 1.23. The molecule has 2 rings (SSSR count). The Morgan fingerprint density at radius 3 is 2.25 bits per heavy atom. The molecule has 2 aromatic rings. The maximum atomic E-state index is 13.3. The molecule has 36 heavy (non-hydrogen) atoms. The summed E-state index contributed by atoms with van der Waals surface area (Å²) in [5, 5.41) is 3.66. The number of anilines is 1. The van der Waals surface area contributed by atoms with Gasteiger partial charge in [-0.15, -0.1) is 0 Å². The molecule has 0 aliphatic heterocycles. The second-order valence-corrected chi connectivity index (χ2v) is 11.7. The predicted molar refractivity (Wildman–Crippen MR) is 142 cm³/mol. The van der Waals surface area contributed by atoms with Crippen molar-refractivity contribution < 1.29 is 22.4 Å². The molecule has 2 amide bonds. The molecule has 198 valence electrons. The van der Waals surface area contributed by atoms with Crippen molar-refractivity contribution in [3.8, 4) is 0 Å². The molecular formula is C25H32Cl2FN3O4S. The topological polar surface area (TPSA) is 86.8 Å². The summed E-state index contributed by atoms with van der Waals surface area (Å²) >= 11 is 12.3. The van der Waals surface area contributed by atoms with Crippen molar-refractivity contribution in [2.45, 2.75) is 46.2 Å². The van der Waals surface area contributed by atoms with Crippen LogP contribution in [0.15, 0.2) is 42.5 Å². The second kappa shape index (κ2) is 13.3. The number of rotatable bonds is 12. The zero-order valence-corrected chi connectivity index (χ0v) is 23.1. The van der Waals surface area contributed by atoms with Crippen LogP contribution in [0.4, 0.5) is 10.1 Å². The summed E-state index contributed by atoms with van der Waals surface area (Å²) in [5.41, 5.74) is 0.930. The first-order chi connectivity index (χ1) is 16.8. The number of benzene rings is 2. The second-order valence-electron chi connectivity index (χ2n) is 8.99. The fourth-order valence-corrected chi connectivity index (χ4v) is 4.91. The SMILES string of the molecule is CC(C)CNC(=O)[C@H](C)N(Cc1ccc(Cl)cc1Cl)C(=O)CCCN(c1ccc(F)cc1)S(C)(=O)=O. The van der Waals surface area contributed by atoms with Gasteiger partial charge in [-0.2, -0.15) is 0 Å². The third-order valence-corrected chi connectivity index (χ3v) is 7.26. The van der Waals surface area contributed by atoms with Crippen LogP contribution in [-0.2, 0) is 26.2 Å². The lowest BCUT2D eigenvalue weighted by atomic mass is 10.1. The van der Waals surface area contributed by atoms with Gasteiger partial charge in [0.25, 0.3) is 0 Å². The van der Waals surface area contributed by atoms with Crippen LogP contribution in [0.25, 0.3) is 0 Å². The minimum Gasteiger partial charge on any atom is -0.354 e. The van der Waals surface area contributed by atoms with Crippen LogP contribution in [0, 0.1) is 11.7 Å². The largest absolute Gasteiger partial charge is 0.354 e. The van der Waals surface area contributed by atoms with Gasteiger partial charge < -0.3 is 10.2 Å². The summed E-state index contributed by atoms with van der Waals surface area (Å²) in [7, 11) is -3.66. The van der Waals surface area contributed by atoms with Crippen molar-refractivity contribution in [3.05, 3.63) is 63.9 Å². The quantitative estimate of drug-likeness (QED) is 0.402. The minimum atomic E-state index is -3.66. The van der Waals surface area contributed by atoms with Gasteiger partial charge in [0.05, 0.1) is 11.9 Å². The van der Waals surface area contributed by atoms with Crippen molar-refractivity contribution >= 4 is 50.7 Å². The van der Waals surface area contributed by atoms with Gasteiger partial charge >= 0.3 is 0 Å². The zero-order valence-electron chi connectivity index (χ0n) is 20.8. The number of carbonyl (C=O) groups is 2. The summed E-state index contributed by atoms with van der Waals surface area (Å²) < 4.78 is 39.0.